The van der Waals surface area contributed by atoms with Gasteiger partial charge in [-0.2, -0.15) is 4.99 Å². The number of aryl methyl sites for hydroxylation is 1. The number of hydrogen-bond donors (Lipinski definition) is 0. The molecule has 0 fully saturated rings. The van der Waals surface area contributed by atoms with E-state index in [1.165, 1.54) is 11.3 Å². The molecule has 4 aromatic rings. The van der Waals surface area contributed by atoms with Crippen LogP contribution in [0.2, 0.25) is 0 Å². The van der Waals surface area contributed by atoms with Crippen molar-refractivity contribution >= 4 is 50.0 Å². The van der Waals surface area contributed by atoms with Crippen molar-refractivity contribution in [2.24, 2.45) is 12.0 Å². The van der Waals surface area contributed by atoms with E-state index in [1.807, 2.05) is 48.0 Å². The van der Waals surface area contributed by atoms with E-state index in [-0.39, 0.29) is 6.54 Å². The number of aromatic nitrogens is 1. The summed E-state index contributed by atoms with van der Waals surface area (Å²) in [6.07, 6.45) is 0. The highest BCUT2D eigenvalue weighted by atomic mass is 32.1. The van der Waals surface area contributed by atoms with Crippen molar-refractivity contribution in [1.82, 2.24) is 9.47 Å². The molecule has 1 aliphatic heterocycles. The summed E-state index contributed by atoms with van der Waals surface area (Å²) in [7, 11) is 1.86. The molecule has 0 atom stereocenters. The molecule has 0 spiro atoms. The lowest BCUT2D eigenvalue weighted by molar-refractivity contribution is -0.118. The highest BCUT2D eigenvalue weighted by Crippen LogP contribution is 2.26. The number of fused-ring (bicyclic) bond motifs is 4. The lowest BCUT2D eigenvalue weighted by Gasteiger charge is -2.10. The Balaban J connectivity index is 1.51. The smallest absolute Gasteiger partial charge is 0.268 e. The van der Waals surface area contributed by atoms with Crippen LogP contribution in [-0.4, -0.2) is 33.7 Å². The van der Waals surface area contributed by atoms with Crippen molar-refractivity contribution in [2.45, 2.75) is 0 Å². The number of hydrogen-bond acceptors (Lipinski definition) is 4. The first kappa shape index (κ1) is 17.5. The minimum absolute atomic E-state index is 0.323. The molecule has 0 N–H and O–H groups in total. The molecule has 3 aromatic carbocycles. The average Bonchev–Trinajstić information content (AvgIpc) is 3.18. The van der Waals surface area contributed by atoms with Crippen LogP contribution in [0.1, 0.15) is 20.7 Å². The Morgan fingerprint density at radius 1 is 0.931 bits per heavy atom. The zero-order chi connectivity index (χ0) is 20.1. The molecule has 1 aromatic heterocycles. The number of thiazole rings is 1. The van der Waals surface area contributed by atoms with Gasteiger partial charge < -0.3 is 4.57 Å². The van der Waals surface area contributed by atoms with Gasteiger partial charge >= 0.3 is 0 Å². The molecule has 2 heterocycles. The van der Waals surface area contributed by atoms with Gasteiger partial charge in [-0.3, -0.25) is 19.3 Å². The highest BCUT2D eigenvalue weighted by Gasteiger charge is 2.36. The molecule has 142 valence electrons. The van der Waals surface area contributed by atoms with Crippen LogP contribution in [0.3, 0.4) is 0 Å². The molecule has 3 amide bonds. The molecule has 0 bridgehead atoms. The van der Waals surface area contributed by atoms with E-state index in [1.54, 1.807) is 24.3 Å². The van der Waals surface area contributed by atoms with E-state index in [4.69, 9.17) is 0 Å². The Bertz CT molecular complexity index is 1380. The second-order valence-electron chi connectivity index (χ2n) is 6.82. The molecule has 0 saturated heterocycles. The van der Waals surface area contributed by atoms with Gasteiger partial charge in [0.15, 0.2) is 4.80 Å². The standard InChI is InChI=1S/C22H15N3O3S/c1-24-19-14-7-3-2-6-13(14)10-11-17(19)29-22(24)23-18(26)12-25-20(27)15-8-4-5-9-16(15)21(25)28/h2-11H,12H2,1H3. The lowest BCUT2D eigenvalue weighted by atomic mass is 10.1. The maximum absolute atomic E-state index is 12.6. The van der Waals surface area contributed by atoms with Crippen LogP contribution in [0.15, 0.2) is 65.7 Å². The van der Waals surface area contributed by atoms with E-state index in [0.29, 0.717) is 15.9 Å². The zero-order valence-electron chi connectivity index (χ0n) is 15.5. The monoisotopic (exact) mass is 401 g/mol. The number of nitrogens with zero attached hydrogens (tertiary/aromatic N) is 3. The molecule has 5 rings (SSSR count). The van der Waals surface area contributed by atoms with Crippen molar-refractivity contribution in [1.29, 1.82) is 0 Å². The van der Waals surface area contributed by atoms with Gasteiger partial charge in [0, 0.05) is 12.4 Å². The fraction of sp³-hybridized carbons (Fsp3) is 0.0909. The molecule has 0 radical (unpaired) electrons. The topological polar surface area (TPSA) is 71.7 Å². The second kappa shape index (κ2) is 6.49. The van der Waals surface area contributed by atoms with Crippen LogP contribution in [0, 0.1) is 0 Å². The Hall–Kier alpha value is -3.58. The van der Waals surface area contributed by atoms with Gasteiger partial charge in [0.25, 0.3) is 17.7 Å². The molecule has 29 heavy (non-hydrogen) atoms. The van der Waals surface area contributed by atoms with Crippen LogP contribution in [0.5, 0.6) is 0 Å². The Morgan fingerprint density at radius 2 is 1.59 bits per heavy atom. The lowest BCUT2D eigenvalue weighted by Crippen LogP contribution is -2.35. The van der Waals surface area contributed by atoms with E-state index in [0.717, 1.165) is 25.9 Å². The number of rotatable bonds is 2. The molecule has 0 saturated carbocycles. The normalized spacial score (nSPS) is 14.2. The van der Waals surface area contributed by atoms with Crippen LogP contribution in [-0.2, 0) is 11.8 Å². The summed E-state index contributed by atoms with van der Waals surface area (Å²) in [6.45, 7) is -0.374. The predicted molar refractivity (Wildman–Crippen MR) is 111 cm³/mol. The predicted octanol–water partition coefficient (Wildman–Crippen LogP) is 3.12. The summed E-state index contributed by atoms with van der Waals surface area (Å²) >= 11 is 1.40. The van der Waals surface area contributed by atoms with Crippen LogP contribution < -0.4 is 4.80 Å². The average molecular weight is 401 g/mol. The fourth-order valence-electron chi connectivity index (χ4n) is 3.68. The van der Waals surface area contributed by atoms with Crippen LogP contribution in [0.4, 0.5) is 0 Å². The minimum Gasteiger partial charge on any atom is -0.319 e. The summed E-state index contributed by atoms with van der Waals surface area (Å²) < 4.78 is 2.89. The van der Waals surface area contributed by atoms with Gasteiger partial charge in [-0.25, -0.2) is 0 Å². The maximum atomic E-state index is 12.6. The third-order valence-corrected chi connectivity index (χ3v) is 6.18. The molecule has 6 nitrogen and oxygen atoms in total. The summed E-state index contributed by atoms with van der Waals surface area (Å²) in [6, 6.07) is 18.7. The maximum Gasteiger partial charge on any atom is 0.268 e. The van der Waals surface area contributed by atoms with Gasteiger partial charge in [0.1, 0.15) is 6.54 Å². The fourth-order valence-corrected chi connectivity index (χ4v) is 4.74. The number of imide groups is 1. The number of benzene rings is 3. The number of carbonyl (C=O) groups excluding carboxylic acids is 3. The van der Waals surface area contributed by atoms with Gasteiger partial charge in [-0.05, 0) is 23.6 Å². The third kappa shape index (κ3) is 2.70. The van der Waals surface area contributed by atoms with Crippen molar-refractivity contribution in [3.8, 4) is 0 Å². The second-order valence-corrected chi connectivity index (χ2v) is 7.83. The van der Waals surface area contributed by atoms with E-state index >= 15 is 0 Å². The molecular formula is C22H15N3O3S. The van der Waals surface area contributed by atoms with Crippen molar-refractivity contribution in [2.75, 3.05) is 6.54 Å². The Morgan fingerprint density at radius 3 is 2.31 bits per heavy atom. The van der Waals surface area contributed by atoms with E-state index < -0.39 is 17.7 Å². The van der Waals surface area contributed by atoms with Gasteiger partial charge in [0.2, 0.25) is 0 Å². The van der Waals surface area contributed by atoms with E-state index in [2.05, 4.69) is 4.99 Å². The van der Waals surface area contributed by atoms with Gasteiger partial charge in [0.05, 0.1) is 21.3 Å². The largest absolute Gasteiger partial charge is 0.319 e. The van der Waals surface area contributed by atoms with Gasteiger partial charge in [-0.1, -0.05) is 53.8 Å². The molecule has 0 aliphatic carbocycles. The van der Waals surface area contributed by atoms with Crippen molar-refractivity contribution in [3.05, 3.63) is 76.6 Å². The summed E-state index contributed by atoms with van der Waals surface area (Å²) in [5.74, 6) is -1.45. The summed E-state index contributed by atoms with van der Waals surface area (Å²) in [4.78, 5) is 43.2. The minimum atomic E-state index is -0.536. The zero-order valence-corrected chi connectivity index (χ0v) is 16.3. The van der Waals surface area contributed by atoms with Crippen LogP contribution >= 0.6 is 11.3 Å². The first-order valence-electron chi connectivity index (χ1n) is 9.04. The van der Waals surface area contributed by atoms with Crippen molar-refractivity contribution in [3.63, 3.8) is 0 Å². The third-order valence-electron chi connectivity index (χ3n) is 5.08. The Kier molecular flexibility index (Phi) is 3.92. The molecule has 7 heteroatoms. The van der Waals surface area contributed by atoms with Crippen molar-refractivity contribution < 1.29 is 14.4 Å². The summed E-state index contributed by atoms with van der Waals surface area (Å²) in [5.41, 5.74) is 1.65. The van der Waals surface area contributed by atoms with E-state index in [9.17, 15) is 14.4 Å². The molecular weight excluding hydrogens is 386 g/mol. The molecule has 1 aliphatic rings. The molecule has 0 unspecified atom stereocenters. The number of carbonyl (C=O) groups is 3. The first-order chi connectivity index (χ1) is 14.0. The van der Waals surface area contributed by atoms with Gasteiger partial charge in [-0.15, -0.1) is 0 Å². The first-order valence-corrected chi connectivity index (χ1v) is 9.86. The summed E-state index contributed by atoms with van der Waals surface area (Å²) in [5, 5.41) is 2.19. The highest BCUT2D eigenvalue weighted by molar-refractivity contribution is 7.16. The Labute approximate surface area is 169 Å². The number of amides is 3. The quantitative estimate of drug-likeness (QED) is 0.485. The SMILES string of the molecule is Cn1c(=NC(=O)CN2C(=O)c3ccccc3C2=O)sc2ccc3ccccc3c21. The van der Waals surface area contributed by atoms with Crippen LogP contribution in [0.25, 0.3) is 21.0 Å².